The van der Waals surface area contributed by atoms with Gasteiger partial charge in [-0.25, -0.2) is 9.97 Å². The van der Waals surface area contributed by atoms with Gasteiger partial charge in [-0.2, -0.15) is 0 Å². The van der Waals surface area contributed by atoms with Crippen molar-refractivity contribution in [2.45, 2.75) is 19.3 Å². The molecule has 3 nitrogen and oxygen atoms in total. The van der Waals surface area contributed by atoms with Crippen LogP contribution < -0.4 is 0 Å². The van der Waals surface area contributed by atoms with Crippen LogP contribution in [0.5, 0.6) is 0 Å². The summed E-state index contributed by atoms with van der Waals surface area (Å²) < 4.78 is 2.39. The monoisotopic (exact) mass is 665 g/mol. The van der Waals surface area contributed by atoms with E-state index >= 15 is 0 Å². The number of benzene rings is 7. The van der Waals surface area contributed by atoms with Crippen molar-refractivity contribution in [2.24, 2.45) is 0 Å². The van der Waals surface area contributed by atoms with Gasteiger partial charge in [0, 0.05) is 38.6 Å². The molecule has 52 heavy (non-hydrogen) atoms. The van der Waals surface area contributed by atoms with Crippen molar-refractivity contribution >= 4 is 21.8 Å². The van der Waals surface area contributed by atoms with Crippen molar-refractivity contribution in [2.75, 3.05) is 0 Å². The lowest BCUT2D eigenvalue weighted by molar-refractivity contribution is 0.660. The molecule has 1 aliphatic rings. The van der Waals surface area contributed by atoms with E-state index in [1.165, 1.54) is 44.1 Å². The third-order valence-electron chi connectivity index (χ3n) is 10.8. The molecule has 10 rings (SSSR count). The van der Waals surface area contributed by atoms with E-state index in [-0.39, 0.29) is 5.41 Å². The standard InChI is InChI=1S/C49H35N3/c1-49(2)42-22-12-9-19-38(42)39-26-25-34(30-43(39)49)44-31-45(51-48(50-44)33-17-7-4-8-18-33)36-27-35(32-15-5-3-6-16-32)28-37(29-36)52-46-23-13-10-20-40(46)41-21-11-14-24-47(41)52/h3-31H,1-2H3. The fourth-order valence-corrected chi connectivity index (χ4v) is 8.21. The molecule has 0 atom stereocenters. The predicted molar refractivity (Wildman–Crippen MR) is 216 cm³/mol. The SMILES string of the molecule is CC1(C)c2ccccc2-c2ccc(-c3cc(-c4cc(-c5ccccc5)cc(-n5c6ccccc6c6ccccc65)c4)nc(-c4ccccc4)n3)cc21. The molecule has 0 fully saturated rings. The minimum atomic E-state index is -0.110. The first-order chi connectivity index (χ1) is 25.5. The van der Waals surface area contributed by atoms with E-state index in [2.05, 4.69) is 188 Å². The van der Waals surface area contributed by atoms with E-state index in [0.717, 1.165) is 44.9 Å². The molecular weight excluding hydrogens is 631 g/mol. The largest absolute Gasteiger partial charge is 0.309 e. The van der Waals surface area contributed by atoms with Crippen molar-refractivity contribution < 1.29 is 0 Å². The van der Waals surface area contributed by atoms with Gasteiger partial charge in [0.1, 0.15) is 0 Å². The number of nitrogens with zero attached hydrogens (tertiary/aromatic N) is 3. The van der Waals surface area contributed by atoms with Crippen molar-refractivity contribution in [3.63, 3.8) is 0 Å². The highest BCUT2D eigenvalue weighted by atomic mass is 15.0. The summed E-state index contributed by atoms with van der Waals surface area (Å²) in [5, 5.41) is 2.48. The second-order valence-electron chi connectivity index (χ2n) is 14.3. The maximum absolute atomic E-state index is 5.29. The first-order valence-corrected chi connectivity index (χ1v) is 17.9. The topological polar surface area (TPSA) is 30.7 Å². The van der Waals surface area contributed by atoms with Crippen LogP contribution in [0.2, 0.25) is 0 Å². The van der Waals surface area contributed by atoms with Crippen LogP contribution in [0.25, 0.3) is 83.6 Å². The minimum Gasteiger partial charge on any atom is -0.309 e. The summed E-state index contributed by atoms with van der Waals surface area (Å²) in [6, 6.07) is 63.0. The van der Waals surface area contributed by atoms with Crippen LogP contribution in [0.3, 0.4) is 0 Å². The number of hydrogen-bond donors (Lipinski definition) is 0. The number of rotatable bonds is 5. The Bertz CT molecular complexity index is 2760. The smallest absolute Gasteiger partial charge is 0.160 e. The lowest BCUT2D eigenvalue weighted by Crippen LogP contribution is -2.14. The molecule has 0 saturated heterocycles. The summed E-state index contributed by atoms with van der Waals surface area (Å²) in [6.07, 6.45) is 0. The van der Waals surface area contributed by atoms with Crippen LogP contribution >= 0.6 is 0 Å². The molecule has 7 aromatic carbocycles. The first-order valence-electron chi connectivity index (χ1n) is 17.9. The third kappa shape index (κ3) is 4.81. The number of hydrogen-bond acceptors (Lipinski definition) is 2. The third-order valence-corrected chi connectivity index (χ3v) is 10.8. The molecule has 0 radical (unpaired) electrons. The zero-order valence-electron chi connectivity index (χ0n) is 29.1. The Balaban J connectivity index is 1.21. The van der Waals surface area contributed by atoms with Crippen molar-refractivity contribution in [3.8, 4) is 61.8 Å². The molecular formula is C49H35N3. The summed E-state index contributed by atoms with van der Waals surface area (Å²) >= 11 is 0. The molecule has 0 aliphatic heterocycles. The lowest BCUT2D eigenvalue weighted by Gasteiger charge is -2.22. The Morgan fingerprint density at radius 2 is 0.962 bits per heavy atom. The molecule has 2 heterocycles. The quantitative estimate of drug-likeness (QED) is 0.183. The molecule has 1 aliphatic carbocycles. The zero-order chi connectivity index (χ0) is 34.8. The number of fused-ring (bicyclic) bond motifs is 6. The lowest BCUT2D eigenvalue weighted by atomic mass is 9.82. The maximum atomic E-state index is 5.29. The highest BCUT2D eigenvalue weighted by molar-refractivity contribution is 6.09. The molecule has 246 valence electrons. The molecule has 0 spiro atoms. The highest BCUT2D eigenvalue weighted by Gasteiger charge is 2.35. The van der Waals surface area contributed by atoms with Crippen molar-refractivity contribution in [1.29, 1.82) is 0 Å². The second kappa shape index (κ2) is 11.8. The van der Waals surface area contributed by atoms with Gasteiger partial charge < -0.3 is 4.57 Å². The first kappa shape index (κ1) is 30.3. The fourth-order valence-electron chi connectivity index (χ4n) is 8.21. The van der Waals surface area contributed by atoms with Crippen LogP contribution in [0.1, 0.15) is 25.0 Å². The van der Waals surface area contributed by atoms with E-state index in [1.807, 2.05) is 6.07 Å². The van der Waals surface area contributed by atoms with Gasteiger partial charge in [0.25, 0.3) is 0 Å². The highest BCUT2D eigenvalue weighted by Crippen LogP contribution is 2.49. The molecule has 3 heteroatoms. The average molecular weight is 666 g/mol. The zero-order valence-corrected chi connectivity index (χ0v) is 29.1. The molecule has 2 aromatic heterocycles. The molecule has 0 unspecified atom stereocenters. The molecule has 0 saturated carbocycles. The summed E-state index contributed by atoms with van der Waals surface area (Å²) in [4.78, 5) is 10.5. The van der Waals surface area contributed by atoms with Crippen molar-refractivity contribution in [1.82, 2.24) is 14.5 Å². The van der Waals surface area contributed by atoms with Crippen LogP contribution in [-0.2, 0) is 5.41 Å². The van der Waals surface area contributed by atoms with Gasteiger partial charge in [0.05, 0.1) is 22.4 Å². The van der Waals surface area contributed by atoms with Gasteiger partial charge in [0.15, 0.2) is 5.82 Å². The van der Waals surface area contributed by atoms with Gasteiger partial charge in [-0.05, 0) is 75.8 Å². The summed E-state index contributed by atoms with van der Waals surface area (Å²) in [5.74, 6) is 0.708. The normalized spacial score (nSPS) is 13.0. The fraction of sp³-hybridized carbons (Fsp3) is 0.0612. The van der Waals surface area contributed by atoms with E-state index in [9.17, 15) is 0 Å². The van der Waals surface area contributed by atoms with Crippen LogP contribution in [0, 0.1) is 0 Å². The van der Waals surface area contributed by atoms with E-state index in [4.69, 9.17) is 9.97 Å². The number of aromatic nitrogens is 3. The molecule has 0 N–H and O–H groups in total. The van der Waals surface area contributed by atoms with E-state index in [1.54, 1.807) is 0 Å². The minimum absolute atomic E-state index is 0.110. The van der Waals surface area contributed by atoms with E-state index < -0.39 is 0 Å². The van der Waals surface area contributed by atoms with E-state index in [0.29, 0.717) is 5.82 Å². The van der Waals surface area contributed by atoms with Gasteiger partial charge in [-0.15, -0.1) is 0 Å². The molecule has 0 bridgehead atoms. The van der Waals surface area contributed by atoms with Crippen LogP contribution in [0.15, 0.2) is 176 Å². The molecule has 0 amide bonds. The van der Waals surface area contributed by atoms with Gasteiger partial charge in [-0.1, -0.05) is 147 Å². The Hall–Kier alpha value is -6.58. The Labute approximate surface area is 303 Å². The van der Waals surface area contributed by atoms with Gasteiger partial charge >= 0.3 is 0 Å². The summed E-state index contributed by atoms with van der Waals surface area (Å²) in [5.41, 5.74) is 15.8. The van der Waals surface area contributed by atoms with Gasteiger partial charge in [-0.3, -0.25) is 0 Å². The molecule has 9 aromatic rings. The van der Waals surface area contributed by atoms with Crippen LogP contribution in [-0.4, -0.2) is 14.5 Å². The summed E-state index contributed by atoms with van der Waals surface area (Å²) in [7, 11) is 0. The summed E-state index contributed by atoms with van der Waals surface area (Å²) in [6.45, 7) is 4.65. The second-order valence-corrected chi connectivity index (χ2v) is 14.3. The Morgan fingerprint density at radius 3 is 1.67 bits per heavy atom. The maximum Gasteiger partial charge on any atom is 0.160 e. The predicted octanol–water partition coefficient (Wildman–Crippen LogP) is 12.5. The van der Waals surface area contributed by atoms with Gasteiger partial charge in [0.2, 0.25) is 0 Å². The number of para-hydroxylation sites is 2. The average Bonchev–Trinajstić information content (AvgIpc) is 3.66. The Morgan fingerprint density at radius 1 is 0.404 bits per heavy atom. The van der Waals surface area contributed by atoms with Crippen molar-refractivity contribution in [3.05, 3.63) is 187 Å². The van der Waals surface area contributed by atoms with Crippen LogP contribution in [0.4, 0.5) is 0 Å². The Kier molecular flexibility index (Phi) is 6.84.